The van der Waals surface area contributed by atoms with E-state index in [4.69, 9.17) is 35.8 Å². The van der Waals surface area contributed by atoms with Gasteiger partial charge in [-0.3, -0.25) is 4.90 Å². The SMILES string of the molecule is Cc1sc2nc(CN3CCOCC3)nc(Oc3ccc(S(=O)(=O)N4CCOCC4)cc3Cl)c2c1C. The second-order valence-electron chi connectivity index (χ2n) is 8.51. The van der Waals surface area contributed by atoms with E-state index in [1.165, 1.54) is 16.4 Å². The maximum absolute atomic E-state index is 13.0. The number of benzene rings is 1. The molecule has 0 amide bonds. The Morgan fingerprint density at radius 1 is 1.06 bits per heavy atom. The van der Waals surface area contributed by atoms with Crippen molar-refractivity contribution < 1.29 is 22.6 Å². The van der Waals surface area contributed by atoms with E-state index in [1.807, 2.05) is 13.8 Å². The molecule has 0 atom stereocenters. The van der Waals surface area contributed by atoms with Crippen LogP contribution in [0.15, 0.2) is 23.1 Å². The van der Waals surface area contributed by atoms with Crippen LogP contribution in [-0.2, 0) is 26.0 Å². The van der Waals surface area contributed by atoms with E-state index in [2.05, 4.69) is 4.90 Å². The maximum atomic E-state index is 13.0. The summed E-state index contributed by atoms with van der Waals surface area (Å²) in [6, 6.07) is 4.53. The Morgan fingerprint density at radius 2 is 1.74 bits per heavy atom. The predicted molar refractivity (Wildman–Crippen MR) is 134 cm³/mol. The molecule has 35 heavy (non-hydrogen) atoms. The van der Waals surface area contributed by atoms with Crippen LogP contribution < -0.4 is 4.74 Å². The van der Waals surface area contributed by atoms with Crippen LogP contribution in [0.25, 0.3) is 10.2 Å². The lowest BCUT2D eigenvalue weighted by atomic mass is 10.2. The largest absolute Gasteiger partial charge is 0.437 e. The molecule has 1 aromatic carbocycles. The molecule has 0 saturated carbocycles. The van der Waals surface area contributed by atoms with Crippen molar-refractivity contribution in [1.29, 1.82) is 0 Å². The normalized spacial score (nSPS) is 18.3. The molecule has 4 heterocycles. The Labute approximate surface area is 213 Å². The highest BCUT2D eigenvalue weighted by Gasteiger charge is 2.27. The molecule has 0 unspecified atom stereocenters. The van der Waals surface area contributed by atoms with E-state index in [1.54, 1.807) is 17.4 Å². The van der Waals surface area contributed by atoms with Gasteiger partial charge in [0.25, 0.3) is 0 Å². The van der Waals surface area contributed by atoms with E-state index in [0.29, 0.717) is 63.5 Å². The molecule has 0 radical (unpaired) electrons. The van der Waals surface area contributed by atoms with Crippen LogP contribution in [-0.4, -0.2) is 80.2 Å². The number of ether oxygens (including phenoxy) is 3. The van der Waals surface area contributed by atoms with Crippen molar-refractivity contribution in [3.63, 3.8) is 0 Å². The van der Waals surface area contributed by atoms with Crippen molar-refractivity contribution in [3.05, 3.63) is 39.5 Å². The topological polar surface area (TPSA) is 94.1 Å². The molecule has 12 heteroatoms. The fraction of sp³-hybridized carbons (Fsp3) is 0.478. The zero-order valence-electron chi connectivity index (χ0n) is 19.6. The van der Waals surface area contributed by atoms with Gasteiger partial charge in [0.2, 0.25) is 15.9 Å². The van der Waals surface area contributed by atoms with Crippen LogP contribution >= 0.6 is 22.9 Å². The summed E-state index contributed by atoms with van der Waals surface area (Å²) >= 11 is 8.12. The summed E-state index contributed by atoms with van der Waals surface area (Å²) in [5.74, 6) is 1.43. The van der Waals surface area contributed by atoms with Gasteiger partial charge in [-0.2, -0.15) is 9.29 Å². The number of hydrogen-bond donors (Lipinski definition) is 0. The molecule has 2 fully saturated rings. The average Bonchev–Trinajstić information content (AvgIpc) is 3.14. The van der Waals surface area contributed by atoms with Gasteiger partial charge in [0.1, 0.15) is 16.4 Å². The zero-order chi connectivity index (χ0) is 24.6. The molecular formula is C23H27ClN4O5S2. The van der Waals surface area contributed by atoms with Gasteiger partial charge in [-0.05, 0) is 37.6 Å². The van der Waals surface area contributed by atoms with Crippen LogP contribution in [0.4, 0.5) is 0 Å². The Morgan fingerprint density at radius 3 is 2.43 bits per heavy atom. The van der Waals surface area contributed by atoms with E-state index in [9.17, 15) is 8.42 Å². The number of halogens is 1. The highest BCUT2D eigenvalue weighted by atomic mass is 35.5. The monoisotopic (exact) mass is 538 g/mol. The molecule has 0 N–H and O–H groups in total. The number of fused-ring (bicyclic) bond motifs is 1. The number of aryl methyl sites for hydroxylation is 2. The first kappa shape index (κ1) is 24.8. The highest BCUT2D eigenvalue weighted by Crippen LogP contribution is 2.39. The van der Waals surface area contributed by atoms with Crippen molar-refractivity contribution in [3.8, 4) is 11.6 Å². The van der Waals surface area contributed by atoms with E-state index >= 15 is 0 Å². The Balaban J connectivity index is 1.46. The van der Waals surface area contributed by atoms with Crippen LogP contribution in [0.1, 0.15) is 16.3 Å². The van der Waals surface area contributed by atoms with Crippen LogP contribution in [0.3, 0.4) is 0 Å². The predicted octanol–water partition coefficient (Wildman–Crippen LogP) is 3.61. The van der Waals surface area contributed by atoms with Gasteiger partial charge in [0.15, 0.2) is 0 Å². The van der Waals surface area contributed by atoms with Gasteiger partial charge in [-0.25, -0.2) is 13.4 Å². The zero-order valence-corrected chi connectivity index (χ0v) is 22.0. The molecule has 0 aliphatic carbocycles. The number of thiophene rings is 1. The fourth-order valence-electron chi connectivity index (χ4n) is 4.12. The first-order chi connectivity index (χ1) is 16.8. The standard InChI is InChI=1S/C23H27ClN4O5S2/c1-15-16(2)34-23-21(15)22(25-20(26-23)14-27-5-9-31-10-6-27)33-19-4-3-17(13-18(19)24)35(29,30)28-7-11-32-12-8-28/h3-4,13H,5-12,14H2,1-2H3. The van der Waals surface area contributed by atoms with Gasteiger partial charge in [0, 0.05) is 31.1 Å². The third-order valence-electron chi connectivity index (χ3n) is 6.23. The van der Waals surface area contributed by atoms with E-state index in [-0.39, 0.29) is 9.92 Å². The summed E-state index contributed by atoms with van der Waals surface area (Å²) < 4.78 is 44.3. The first-order valence-corrected chi connectivity index (χ1v) is 14.1. The quantitative estimate of drug-likeness (QED) is 0.470. The van der Waals surface area contributed by atoms with Gasteiger partial charge >= 0.3 is 0 Å². The van der Waals surface area contributed by atoms with E-state index in [0.717, 1.165) is 33.7 Å². The summed E-state index contributed by atoms with van der Waals surface area (Å²) in [5, 5.41) is 1.05. The minimum absolute atomic E-state index is 0.125. The van der Waals surface area contributed by atoms with Gasteiger partial charge < -0.3 is 14.2 Å². The summed E-state index contributed by atoms with van der Waals surface area (Å²) in [6.07, 6.45) is 0. The average molecular weight is 539 g/mol. The number of sulfonamides is 1. The van der Waals surface area contributed by atoms with Crippen LogP contribution in [0.2, 0.25) is 5.02 Å². The van der Waals surface area contributed by atoms with Gasteiger partial charge in [0.05, 0.1) is 48.3 Å². The van der Waals surface area contributed by atoms with Gasteiger partial charge in [-0.15, -0.1) is 11.3 Å². The summed E-state index contributed by atoms with van der Waals surface area (Å²) in [4.78, 5) is 13.9. The Kier molecular flexibility index (Phi) is 7.27. The molecule has 2 aromatic heterocycles. The molecular weight excluding hydrogens is 512 g/mol. The molecule has 2 saturated heterocycles. The lowest BCUT2D eigenvalue weighted by Crippen LogP contribution is -2.40. The highest BCUT2D eigenvalue weighted by molar-refractivity contribution is 7.89. The smallest absolute Gasteiger partial charge is 0.243 e. The molecule has 0 spiro atoms. The maximum Gasteiger partial charge on any atom is 0.243 e. The molecule has 2 aliphatic heterocycles. The molecule has 188 valence electrons. The van der Waals surface area contributed by atoms with Crippen molar-refractivity contribution in [1.82, 2.24) is 19.2 Å². The van der Waals surface area contributed by atoms with Crippen molar-refractivity contribution in [2.45, 2.75) is 25.3 Å². The number of nitrogens with zero attached hydrogens (tertiary/aromatic N) is 4. The lowest BCUT2D eigenvalue weighted by Gasteiger charge is -2.26. The third kappa shape index (κ3) is 5.17. The summed E-state index contributed by atoms with van der Waals surface area (Å²) in [5.41, 5.74) is 1.06. The summed E-state index contributed by atoms with van der Waals surface area (Å²) in [7, 11) is -3.66. The Bertz CT molecular complexity index is 1340. The molecule has 5 rings (SSSR count). The van der Waals surface area contributed by atoms with E-state index < -0.39 is 10.0 Å². The van der Waals surface area contributed by atoms with Crippen molar-refractivity contribution in [2.24, 2.45) is 0 Å². The molecule has 3 aromatic rings. The van der Waals surface area contributed by atoms with Crippen LogP contribution in [0.5, 0.6) is 11.6 Å². The third-order valence-corrected chi connectivity index (χ3v) is 9.52. The van der Waals surface area contributed by atoms with Crippen molar-refractivity contribution in [2.75, 3.05) is 52.6 Å². The van der Waals surface area contributed by atoms with Gasteiger partial charge in [-0.1, -0.05) is 11.6 Å². The van der Waals surface area contributed by atoms with Crippen molar-refractivity contribution >= 4 is 43.2 Å². The molecule has 0 bridgehead atoms. The number of hydrogen-bond acceptors (Lipinski definition) is 9. The first-order valence-electron chi connectivity index (χ1n) is 11.4. The second kappa shape index (κ2) is 10.3. The number of rotatable bonds is 6. The second-order valence-corrected chi connectivity index (χ2v) is 12.1. The minimum Gasteiger partial charge on any atom is -0.437 e. The minimum atomic E-state index is -3.66. The fourth-order valence-corrected chi connectivity index (χ4v) is 6.88. The number of morpholine rings is 2. The molecule has 2 aliphatic rings. The molecule has 9 nitrogen and oxygen atoms in total. The Hall–Kier alpha value is -1.86. The number of aromatic nitrogens is 2. The summed E-state index contributed by atoms with van der Waals surface area (Å²) in [6.45, 7) is 9.09. The van der Waals surface area contributed by atoms with Crippen LogP contribution in [0, 0.1) is 13.8 Å². The lowest BCUT2D eigenvalue weighted by molar-refractivity contribution is 0.0330.